The van der Waals surface area contributed by atoms with Gasteiger partial charge in [0.15, 0.2) is 5.16 Å². The van der Waals surface area contributed by atoms with Gasteiger partial charge in [-0.3, -0.25) is 4.57 Å². The molecule has 4 aromatic carbocycles. The summed E-state index contributed by atoms with van der Waals surface area (Å²) in [6.45, 7) is 0. The fourth-order valence-electron chi connectivity index (χ4n) is 4.52. The Morgan fingerprint density at radius 1 is 0.833 bits per heavy atom. The highest BCUT2D eigenvalue weighted by Gasteiger charge is 2.21. The lowest BCUT2D eigenvalue weighted by Gasteiger charge is -2.18. The van der Waals surface area contributed by atoms with E-state index in [4.69, 9.17) is 9.40 Å². The fraction of sp³-hybridized carbons (Fsp3) is 0.0385. The third-order valence-electron chi connectivity index (χ3n) is 5.93. The topological polar surface area (TPSA) is 31.0 Å². The Hall–Kier alpha value is -3.50. The molecule has 3 nitrogen and oxygen atoms in total. The molecule has 0 aliphatic carbocycles. The first-order valence-corrected chi connectivity index (χ1v) is 11.0. The molecule has 7 rings (SSSR count). The second-order valence-electron chi connectivity index (χ2n) is 7.63. The highest BCUT2D eigenvalue weighted by Crippen LogP contribution is 2.40. The largest absolute Gasteiger partial charge is 0.455 e. The first-order chi connectivity index (χ1) is 14.9. The second-order valence-corrected chi connectivity index (χ2v) is 8.57. The van der Waals surface area contributed by atoms with Crippen LogP contribution < -0.4 is 0 Å². The van der Waals surface area contributed by atoms with E-state index >= 15 is 0 Å². The van der Waals surface area contributed by atoms with Gasteiger partial charge in [0.25, 0.3) is 0 Å². The van der Waals surface area contributed by atoms with Crippen LogP contribution in [0.25, 0.3) is 49.8 Å². The van der Waals surface area contributed by atoms with Gasteiger partial charge in [-0.05, 0) is 35.4 Å². The maximum Gasteiger partial charge on any atom is 0.174 e. The van der Waals surface area contributed by atoms with Crippen molar-refractivity contribution < 1.29 is 4.42 Å². The van der Waals surface area contributed by atoms with Gasteiger partial charge in [-0.25, -0.2) is 4.98 Å². The van der Waals surface area contributed by atoms with Gasteiger partial charge in [-0.15, -0.1) is 0 Å². The van der Waals surface area contributed by atoms with E-state index in [0.717, 1.165) is 55.0 Å². The van der Waals surface area contributed by atoms with Crippen LogP contribution in [0.5, 0.6) is 0 Å². The Morgan fingerprint density at radius 3 is 2.70 bits per heavy atom. The monoisotopic (exact) mass is 404 g/mol. The fourth-order valence-corrected chi connectivity index (χ4v) is 5.54. The number of hydrogen-bond donors (Lipinski definition) is 0. The van der Waals surface area contributed by atoms with Crippen molar-refractivity contribution in [1.29, 1.82) is 0 Å². The van der Waals surface area contributed by atoms with Crippen molar-refractivity contribution in [2.45, 2.75) is 10.9 Å². The van der Waals surface area contributed by atoms with Gasteiger partial charge in [0.2, 0.25) is 0 Å². The molecule has 6 aromatic rings. The van der Waals surface area contributed by atoms with Crippen LogP contribution in [0.2, 0.25) is 0 Å². The molecular weight excluding hydrogens is 388 g/mol. The van der Waals surface area contributed by atoms with Crippen molar-refractivity contribution in [3.8, 4) is 16.8 Å². The molecule has 0 saturated carbocycles. The van der Waals surface area contributed by atoms with E-state index in [1.165, 1.54) is 11.3 Å². The molecule has 0 saturated heterocycles. The smallest absolute Gasteiger partial charge is 0.174 e. The van der Waals surface area contributed by atoms with E-state index in [-0.39, 0.29) is 0 Å². The maximum absolute atomic E-state index is 6.25. The van der Waals surface area contributed by atoms with Crippen molar-refractivity contribution in [2.24, 2.45) is 0 Å². The number of thioether (sulfide) groups is 1. The SMILES string of the molecule is c1ccc2c(c1)CSc1nc3cc(-c4cccc5c4oc4ccccc45)ccc3n1-2. The van der Waals surface area contributed by atoms with E-state index in [1.807, 2.05) is 12.1 Å². The van der Waals surface area contributed by atoms with Gasteiger partial charge in [0, 0.05) is 22.1 Å². The van der Waals surface area contributed by atoms with Crippen molar-refractivity contribution in [3.63, 3.8) is 0 Å². The molecule has 0 spiro atoms. The van der Waals surface area contributed by atoms with Gasteiger partial charge in [0.1, 0.15) is 11.2 Å². The van der Waals surface area contributed by atoms with Crippen LogP contribution in [0.3, 0.4) is 0 Å². The van der Waals surface area contributed by atoms with Gasteiger partial charge < -0.3 is 4.42 Å². The van der Waals surface area contributed by atoms with Gasteiger partial charge >= 0.3 is 0 Å². The molecular formula is C26H16N2OS. The van der Waals surface area contributed by atoms with Crippen molar-refractivity contribution in [1.82, 2.24) is 9.55 Å². The molecule has 0 N–H and O–H groups in total. The molecule has 4 heteroatoms. The van der Waals surface area contributed by atoms with Gasteiger partial charge in [-0.2, -0.15) is 0 Å². The number of imidazole rings is 1. The van der Waals surface area contributed by atoms with E-state index in [2.05, 4.69) is 77.4 Å². The molecule has 0 radical (unpaired) electrons. The number of para-hydroxylation sites is 3. The number of nitrogens with zero attached hydrogens (tertiary/aromatic N) is 2. The Kier molecular flexibility index (Phi) is 3.26. The molecule has 0 atom stereocenters. The summed E-state index contributed by atoms with van der Waals surface area (Å²) in [6.07, 6.45) is 0. The quantitative estimate of drug-likeness (QED) is 0.290. The average molecular weight is 404 g/mol. The van der Waals surface area contributed by atoms with Crippen LogP contribution in [0, 0.1) is 0 Å². The summed E-state index contributed by atoms with van der Waals surface area (Å²) < 4.78 is 8.53. The standard InChI is InChI=1S/C26H16N2OS/c1-3-10-22-17(6-1)15-30-26-27-21-14-16(12-13-23(21)28(22)26)18-8-5-9-20-19-7-2-4-11-24(19)29-25(18)20/h1-14H,15H2. The Bertz CT molecular complexity index is 1610. The van der Waals surface area contributed by atoms with E-state index < -0.39 is 0 Å². The first-order valence-electron chi connectivity index (χ1n) is 10.0. The molecule has 3 heterocycles. The predicted molar refractivity (Wildman–Crippen MR) is 123 cm³/mol. The Morgan fingerprint density at radius 2 is 1.70 bits per heavy atom. The number of furan rings is 1. The zero-order chi connectivity index (χ0) is 19.7. The van der Waals surface area contributed by atoms with Crippen LogP contribution in [0.15, 0.2) is 94.5 Å². The summed E-state index contributed by atoms with van der Waals surface area (Å²) >= 11 is 1.80. The van der Waals surface area contributed by atoms with E-state index in [0.29, 0.717) is 0 Å². The number of aromatic nitrogens is 2. The molecule has 2 aromatic heterocycles. The van der Waals surface area contributed by atoms with Gasteiger partial charge in [0.05, 0.1) is 16.7 Å². The second kappa shape index (κ2) is 6.00. The van der Waals surface area contributed by atoms with Crippen LogP contribution in [0.4, 0.5) is 0 Å². The molecule has 0 amide bonds. The summed E-state index contributed by atoms with van der Waals surface area (Å²) in [4.78, 5) is 4.96. The van der Waals surface area contributed by atoms with Crippen LogP contribution >= 0.6 is 11.8 Å². The summed E-state index contributed by atoms with van der Waals surface area (Å²) in [5.41, 5.74) is 8.83. The number of rotatable bonds is 1. The Balaban J connectivity index is 1.46. The molecule has 0 bridgehead atoms. The lowest BCUT2D eigenvalue weighted by atomic mass is 10.0. The van der Waals surface area contributed by atoms with E-state index in [1.54, 1.807) is 11.8 Å². The van der Waals surface area contributed by atoms with Gasteiger partial charge in [-0.1, -0.05) is 72.4 Å². The highest BCUT2D eigenvalue weighted by molar-refractivity contribution is 7.98. The summed E-state index contributed by atoms with van der Waals surface area (Å²) in [6, 6.07) is 29.7. The summed E-state index contributed by atoms with van der Waals surface area (Å²) in [7, 11) is 0. The third kappa shape index (κ3) is 2.20. The first kappa shape index (κ1) is 16.3. The maximum atomic E-state index is 6.25. The lowest BCUT2D eigenvalue weighted by molar-refractivity contribution is 0.670. The number of fused-ring (bicyclic) bond motifs is 8. The normalized spacial score (nSPS) is 13.1. The Labute approximate surface area is 177 Å². The zero-order valence-electron chi connectivity index (χ0n) is 16.0. The average Bonchev–Trinajstić information content (AvgIpc) is 3.37. The zero-order valence-corrected chi connectivity index (χ0v) is 16.8. The number of hydrogen-bond acceptors (Lipinski definition) is 3. The minimum Gasteiger partial charge on any atom is -0.455 e. The summed E-state index contributed by atoms with van der Waals surface area (Å²) in [5, 5.41) is 3.36. The minimum atomic E-state index is 0.923. The molecule has 0 unspecified atom stereocenters. The number of benzene rings is 4. The molecule has 0 fully saturated rings. The highest BCUT2D eigenvalue weighted by atomic mass is 32.2. The van der Waals surface area contributed by atoms with Crippen molar-refractivity contribution in [2.75, 3.05) is 0 Å². The molecule has 30 heavy (non-hydrogen) atoms. The summed E-state index contributed by atoms with van der Waals surface area (Å²) in [5.74, 6) is 0.963. The third-order valence-corrected chi connectivity index (χ3v) is 6.92. The van der Waals surface area contributed by atoms with Crippen molar-refractivity contribution in [3.05, 3.63) is 90.5 Å². The van der Waals surface area contributed by atoms with Crippen LogP contribution in [0.1, 0.15) is 5.56 Å². The minimum absolute atomic E-state index is 0.923. The predicted octanol–water partition coefficient (Wildman–Crippen LogP) is 7.20. The molecule has 1 aliphatic heterocycles. The lowest BCUT2D eigenvalue weighted by Crippen LogP contribution is -2.05. The molecule has 142 valence electrons. The molecule has 1 aliphatic rings. The van der Waals surface area contributed by atoms with Crippen LogP contribution in [-0.2, 0) is 5.75 Å². The van der Waals surface area contributed by atoms with E-state index in [9.17, 15) is 0 Å². The van der Waals surface area contributed by atoms with Crippen molar-refractivity contribution >= 4 is 44.7 Å². The van der Waals surface area contributed by atoms with Crippen LogP contribution in [-0.4, -0.2) is 9.55 Å².